The largest absolute Gasteiger partial charge is 0.394 e. The topological polar surface area (TPSA) is 160 Å². The molecule has 12 heteroatoms. The molecule has 2 aliphatic heterocycles. The minimum atomic E-state index is -1.64. The highest BCUT2D eigenvalue weighted by Crippen LogP contribution is 2.49. The van der Waals surface area contributed by atoms with Gasteiger partial charge in [-0.2, -0.15) is 0 Å². The van der Waals surface area contributed by atoms with E-state index in [4.69, 9.17) is 27.9 Å². The van der Waals surface area contributed by atoms with E-state index >= 15 is 0 Å². The van der Waals surface area contributed by atoms with E-state index in [-0.39, 0.29) is 10.6 Å². The Bertz CT molecular complexity index is 1810. The minimum Gasteiger partial charge on any atom is -0.394 e. The van der Waals surface area contributed by atoms with Crippen molar-refractivity contribution in [2.75, 3.05) is 6.61 Å². The Balaban J connectivity index is 1.73. The van der Waals surface area contributed by atoms with Crippen molar-refractivity contribution in [3.63, 3.8) is 0 Å². The fourth-order valence-electron chi connectivity index (χ4n) is 6.05. The molecule has 38 heavy (non-hydrogen) atoms. The first-order valence-corrected chi connectivity index (χ1v) is 12.7. The van der Waals surface area contributed by atoms with E-state index in [2.05, 4.69) is 10.3 Å². The molecule has 1 saturated heterocycles. The predicted molar refractivity (Wildman–Crippen MR) is 140 cm³/mol. The van der Waals surface area contributed by atoms with E-state index in [0.717, 1.165) is 0 Å². The van der Waals surface area contributed by atoms with Crippen molar-refractivity contribution in [1.82, 2.24) is 14.9 Å². The van der Waals surface area contributed by atoms with Crippen LogP contribution in [0.4, 0.5) is 0 Å². The van der Waals surface area contributed by atoms with E-state index in [9.17, 15) is 30.3 Å². The SMILES string of the molecule is O=C1NC(O)c2c1c1c3cccc(Cl)c3[nH]c1c1c2c2cccc(Cl)c2n1C1OC(CO)C(O)C(O)C1O. The van der Waals surface area contributed by atoms with Crippen molar-refractivity contribution < 1.29 is 35.1 Å². The van der Waals surface area contributed by atoms with Crippen LogP contribution in [0, 0.1) is 0 Å². The molecule has 196 valence electrons. The van der Waals surface area contributed by atoms with Gasteiger partial charge in [0.1, 0.15) is 24.4 Å². The zero-order valence-corrected chi connectivity index (χ0v) is 20.9. The van der Waals surface area contributed by atoms with Gasteiger partial charge in [0, 0.05) is 27.1 Å². The van der Waals surface area contributed by atoms with Gasteiger partial charge in [0.05, 0.1) is 44.3 Å². The van der Waals surface area contributed by atoms with Crippen molar-refractivity contribution in [2.24, 2.45) is 0 Å². The lowest BCUT2D eigenvalue weighted by Gasteiger charge is -2.41. The van der Waals surface area contributed by atoms with E-state index in [1.54, 1.807) is 41.0 Å². The van der Waals surface area contributed by atoms with Crippen LogP contribution in [-0.2, 0) is 4.74 Å². The number of halogens is 2. The summed E-state index contributed by atoms with van der Waals surface area (Å²) in [6.07, 6.45) is -8.64. The highest BCUT2D eigenvalue weighted by Gasteiger charge is 2.46. The number of aromatic nitrogens is 2. The van der Waals surface area contributed by atoms with Crippen molar-refractivity contribution in [2.45, 2.75) is 36.9 Å². The van der Waals surface area contributed by atoms with Crippen LogP contribution in [0.3, 0.4) is 0 Å². The highest BCUT2D eigenvalue weighted by molar-refractivity contribution is 6.40. The van der Waals surface area contributed by atoms with Gasteiger partial charge >= 0.3 is 0 Å². The standard InChI is InChI=1S/C26H21Cl2N3O7/c27-10-5-1-3-8-13-15-16(25(37)30-24(15)36)14-9-4-2-6-11(28)19(9)31(20(14)18(13)29-17(8)10)26-23(35)22(34)21(33)12(7-32)38-26/h1-6,12,21-23,25-26,29,32-35,37H,7H2,(H,30,36). The van der Waals surface area contributed by atoms with Gasteiger partial charge in [-0.25, -0.2) is 0 Å². The van der Waals surface area contributed by atoms with Crippen molar-refractivity contribution in [1.29, 1.82) is 0 Å². The molecule has 0 saturated carbocycles. The number of para-hydroxylation sites is 2. The first kappa shape index (κ1) is 24.1. The number of rotatable bonds is 2. The Labute approximate surface area is 223 Å². The maximum Gasteiger partial charge on any atom is 0.254 e. The maximum atomic E-state index is 13.2. The van der Waals surface area contributed by atoms with Gasteiger partial charge in [0.25, 0.3) is 5.91 Å². The number of aromatic amines is 1. The lowest BCUT2D eigenvalue weighted by atomic mass is 9.96. The average molecular weight is 558 g/mol. The summed E-state index contributed by atoms with van der Waals surface area (Å²) in [5.41, 5.74) is 2.46. The number of H-pyrrole nitrogens is 1. The van der Waals surface area contributed by atoms with Crippen LogP contribution in [0.15, 0.2) is 36.4 Å². The summed E-state index contributed by atoms with van der Waals surface area (Å²) in [5, 5.41) is 58.5. The fourth-order valence-corrected chi connectivity index (χ4v) is 6.53. The molecule has 5 aromatic rings. The van der Waals surface area contributed by atoms with Crippen molar-refractivity contribution in [3.8, 4) is 0 Å². The molecule has 1 amide bonds. The molecule has 3 aromatic carbocycles. The molecule has 0 radical (unpaired) electrons. The van der Waals surface area contributed by atoms with Gasteiger partial charge in [-0.1, -0.05) is 47.5 Å². The average Bonchev–Trinajstić information content (AvgIpc) is 3.53. The molecule has 2 aliphatic rings. The van der Waals surface area contributed by atoms with Gasteiger partial charge in [0.15, 0.2) is 12.5 Å². The summed E-state index contributed by atoms with van der Waals surface area (Å²) < 4.78 is 7.55. The third-order valence-electron chi connectivity index (χ3n) is 7.67. The number of aliphatic hydroxyl groups excluding tert-OH is 5. The Morgan fingerprint density at radius 2 is 1.58 bits per heavy atom. The number of carbonyl (C=O) groups is 1. The summed E-state index contributed by atoms with van der Waals surface area (Å²) in [5.74, 6) is -0.462. The molecule has 0 bridgehead atoms. The Morgan fingerprint density at radius 3 is 2.32 bits per heavy atom. The number of hydrogen-bond donors (Lipinski definition) is 7. The first-order chi connectivity index (χ1) is 18.2. The molecule has 6 unspecified atom stereocenters. The van der Waals surface area contributed by atoms with Crippen LogP contribution in [0.25, 0.3) is 43.6 Å². The molecule has 10 nitrogen and oxygen atoms in total. The number of aliphatic hydroxyl groups is 5. The summed E-state index contributed by atoms with van der Waals surface area (Å²) in [6, 6.07) is 10.4. The lowest BCUT2D eigenvalue weighted by molar-refractivity contribution is -0.249. The smallest absolute Gasteiger partial charge is 0.254 e. The molecule has 2 aromatic heterocycles. The third kappa shape index (κ3) is 2.97. The summed E-state index contributed by atoms with van der Waals surface area (Å²) in [7, 11) is 0. The van der Waals surface area contributed by atoms with E-state index < -0.39 is 49.4 Å². The summed E-state index contributed by atoms with van der Waals surface area (Å²) in [4.78, 5) is 16.5. The second-order valence-corrected chi connectivity index (χ2v) is 10.5. The van der Waals surface area contributed by atoms with E-state index in [0.29, 0.717) is 54.2 Å². The number of nitrogens with zero attached hydrogens (tertiary/aromatic N) is 1. The van der Waals surface area contributed by atoms with Gasteiger partial charge < -0.3 is 45.1 Å². The lowest BCUT2D eigenvalue weighted by Crippen LogP contribution is -2.56. The number of benzene rings is 3. The Hall–Kier alpha value is -2.93. The van der Waals surface area contributed by atoms with Gasteiger partial charge in [0.2, 0.25) is 0 Å². The second kappa shape index (κ2) is 8.28. The van der Waals surface area contributed by atoms with Crippen LogP contribution in [0.5, 0.6) is 0 Å². The fraction of sp³-hybridized carbons (Fsp3) is 0.269. The van der Waals surface area contributed by atoms with Crippen LogP contribution >= 0.6 is 23.2 Å². The molecule has 1 fully saturated rings. The van der Waals surface area contributed by atoms with Crippen molar-refractivity contribution >= 4 is 72.7 Å². The molecule has 6 atom stereocenters. The molecule has 0 spiro atoms. The molecule has 4 heterocycles. The minimum absolute atomic E-state index is 0.276. The molecule has 7 rings (SSSR count). The predicted octanol–water partition coefficient (Wildman–Crippen LogP) is 2.44. The quantitative estimate of drug-likeness (QED) is 0.175. The van der Waals surface area contributed by atoms with Gasteiger partial charge in [-0.3, -0.25) is 4.79 Å². The van der Waals surface area contributed by atoms with Crippen LogP contribution in [0.2, 0.25) is 10.0 Å². The van der Waals surface area contributed by atoms with Crippen LogP contribution in [-0.4, -0.2) is 72.0 Å². The van der Waals surface area contributed by atoms with Gasteiger partial charge in [-0.05, 0) is 12.1 Å². The monoisotopic (exact) mass is 557 g/mol. The zero-order chi connectivity index (χ0) is 26.6. The van der Waals surface area contributed by atoms with E-state index in [1.807, 2.05) is 0 Å². The number of carbonyl (C=O) groups excluding carboxylic acids is 1. The molecular formula is C26H21Cl2N3O7. The van der Waals surface area contributed by atoms with Crippen LogP contribution in [0.1, 0.15) is 28.4 Å². The van der Waals surface area contributed by atoms with Gasteiger partial charge in [-0.15, -0.1) is 0 Å². The number of ether oxygens (including phenoxy) is 1. The number of amides is 1. The molecule has 0 aliphatic carbocycles. The Kier molecular flexibility index (Phi) is 5.26. The summed E-state index contributed by atoms with van der Waals surface area (Å²) >= 11 is 13.2. The van der Waals surface area contributed by atoms with Crippen LogP contribution < -0.4 is 5.32 Å². The summed E-state index contributed by atoms with van der Waals surface area (Å²) in [6.45, 7) is -0.615. The number of hydrogen-bond acceptors (Lipinski definition) is 7. The highest BCUT2D eigenvalue weighted by atomic mass is 35.5. The third-order valence-corrected chi connectivity index (χ3v) is 8.29. The molecular weight excluding hydrogens is 537 g/mol. The zero-order valence-electron chi connectivity index (χ0n) is 19.4. The van der Waals surface area contributed by atoms with E-state index in [1.165, 1.54) is 0 Å². The number of fused-ring (bicyclic) bond motifs is 10. The Morgan fingerprint density at radius 1 is 0.868 bits per heavy atom. The second-order valence-electron chi connectivity index (χ2n) is 9.65. The van der Waals surface area contributed by atoms with Crippen molar-refractivity contribution in [3.05, 3.63) is 57.6 Å². The number of nitrogens with one attached hydrogen (secondary N) is 2. The normalized spacial score (nSPS) is 27.6. The maximum absolute atomic E-state index is 13.2. The first-order valence-electron chi connectivity index (χ1n) is 11.9. The molecule has 7 N–H and O–H groups in total.